The van der Waals surface area contributed by atoms with Crippen LogP contribution in [0.3, 0.4) is 0 Å². The van der Waals surface area contributed by atoms with Gasteiger partial charge in [-0.2, -0.15) is 5.10 Å². The largest absolute Gasteiger partial charge is 0.488 e. The van der Waals surface area contributed by atoms with Crippen molar-refractivity contribution in [2.24, 2.45) is 5.41 Å². The van der Waals surface area contributed by atoms with E-state index in [1.165, 1.54) is 47.7 Å². The minimum absolute atomic E-state index is 0.0231. The van der Waals surface area contributed by atoms with Crippen LogP contribution >= 0.6 is 0 Å². The average Bonchev–Trinajstić information content (AvgIpc) is 3.25. The number of aromatic nitrogens is 3. The molecule has 1 atom stereocenters. The lowest BCUT2D eigenvalue weighted by Crippen LogP contribution is -2.47. The highest BCUT2D eigenvalue weighted by atomic mass is 19.1. The van der Waals surface area contributed by atoms with Gasteiger partial charge < -0.3 is 10.1 Å². The van der Waals surface area contributed by atoms with Gasteiger partial charge >= 0.3 is 0 Å². The molecule has 0 radical (unpaired) electrons. The van der Waals surface area contributed by atoms with Crippen LogP contribution in [0.2, 0.25) is 0 Å². The Labute approximate surface area is 178 Å². The first-order chi connectivity index (χ1) is 14.7. The van der Waals surface area contributed by atoms with Crippen LogP contribution in [0.15, 0.2) is 55.1 Å². The Morgan fingerprint density at radius 1 is 1.29 bits per heavy atom. The maximum Gasteiger partial charge on any atom is 0.295 e. The van der Waals surface area contributed by atoms with Crippen LogP contribution in [-0.2, 0) is 0 Å². The lowest BCUT2D eigenvalue weighted by Gasteiger charge is -2.31. The quantitative estimate of drug-likeness (QED) is 0.456. The van der Waals surface area contributed by atoms with E-state index in [0.717, 1.165) is 0 Å². The molecule has 0 fully saturated rings. The molecule has 162 valence electrons. The lowest BCUT2D eigenvalue weighted by atomic mass is 9.87. The fraction of sp³-hybridized carbons (Fsp3) is 0.286. The van der Waals surface area contributed by atoms with Gasteiger partial charge in [0.25, 0.3) is 11.6 Å². The van der Waals surface area contributed by atoms with Gasteiger partial charge in [-0.05, 0) is 29.7 Å². The van der Waals surface area contributed by atoms with E-state index in [9.17, 15) is 19.3 Å². The molecule has 3 rings (SSSR count). The number of amides is 1. The first-order valence-corrected chi connectivity index (χ1v) is 9.48. The molecule has 1 unspecified atom stereocenters. The molecule has 1 heterocycles. The molecule has 1 aromatic heterocycles. The molecule has 0 spiro atoms. The highest BCUT2D eigenvalue weighted by Crippen LogP contribution is 2.25. The van der Waals surface area contributed by atoms with Crippen molar-refractivity contribution in [1.82, 2.24) is 20.1 Å². The standard InChI is InChI=1S/C21H22FN5O4/c1-21(2,3)19(11-31-18-7-5-4-6-15(18)22)25-20(28)14-8-9-16(17(10-14)27(29)30)26-13-23-12-24-26/h4-10,12-13,19H,11H2,1-3H3,(H,25,28). The summed E-state index contributed by atoms with van der Waals surface area (Å²) in [5.41, 5.74) is -0.411. The van der Waals surface area contributed by atoms with Crippen molar-refractivity contribution in [2.45, 2.75) is 26.8 Å². The third kappa shape index (κ3) is 5.21. The molecule has 31 heavy (non-hydrogen) atoms. The van der Waals surface area contributed by atoms with Gasteiger partial charge in [-0.1, -0.05) is 32.9 Å². The molecule has 9 nitrogen and oxygen atoms in total. The monoisotopic (exact) mass is 427 g/mol. The van der Waals surface area contributed by atoms with Crippen molar-refractivity contribution in [2.75, 3.05) is 6.61 Å². The topological polar surface area (TPSA) is 112 Å². The van der Waals surface area contributed by atoms with Crippen molar-refractivity contribution >= 4 is 11.6 Å². The summed E-state index contributed by atoms with van der Waals surface area (Å²) in [6.45, 7) is 5.73. The van der Waals surface area contributed by atoms with Crippen LogP contribution in [0.1, 0.15) is 31.1 Å². The van der Waals surface area contributed by atoms with Gasteiger partial charge in [-0.3, -0.25) is 14.9 Å². The van der Waals surface area contributed by atoms with Gasteiger partial charge in [0.05, 0.1) is 11.0 Å². The number of ether oxygens (including phenoxy) is 1. The van der Waals surface area contributed by atoms with Gasteiger partial charge in [-0.15, -0.1) is 0 Å². The maximum absolute atomic E-state index is 13.9. The molecule has 0 saturated heterocycles. The first kappa shape index (κ1) is 21.9. The second-order valence-corrected chi connectivity index (χ2v) is 7.93. The van der Waals surface area contributed by atoms with E-state index in [0.29, 0.717) is 0 Å². The summed E-state index contributed by atoms with van der Waals surface area (Å²) in [7, 11) is 0. The molecule has 0 aliphatic rings. The second kappa shape index (κ2) is 8.90. The lowest BCUT2D eigenvalue weighted by molar-refractivity contribution is -0.384. The summed E-state index contributed by atoms with van der Waals surface area (Å²) in [6.07, 6.45) is 2.59. The zero-order valence-corrected chi connectivity index (χ0v) is 17.3. The number of nitrogens with one attached hydrogen (secondary N) is 1. The number of nitro groups is 1. The van der Waals surface area contributed by atoms with Crippen LogP contribution in [0.4, 0.5) is 10.1 Å². The molecule has 0 bridgehead atoms. The summed E-state index contributed by atoms with van der Waals surface area (Å²) in [5, 5.41) is 18.3. The minimum atomic E-state index is -0.587. The highest BCUT2D eigenvalue weighted by molar-refractivity contribution is 5.95. The molecular formula is C21H22FN5O4. The number of hydrogen-bond donors (Lipinski definition) is 1. The van der Waals surface area contributed by atoms with Crippen LogP contribution in [-0.4, -0.2) is 38.2 Å². The van der Waals surface area contributed by atoms with Crippen LogP contribution in [0, 0.1) is 21.3 Å². The fourth-order valence-corrected chi connectivity index (χ4v) is 2.82. The van der Waals surface area contributed by atoms with E-state index < -0.39 is 28.1 Å². The molecule has 1 amide bonds. The zero-order valence-electron chi connectivity index (χ0n) is 17.3. The minimum Gasteiger partial charge on any atom is -0.488 e. The number of carbonyl (C=O) groups excluding carboxylic acids is 1. The van der Waals surface area contributed by atoms with Crippen LogP contribution in [0.25, 0.3) is 5.69 Å². The number of para-hydroxylation sites is 1. The number of hydrogen-bond acceptors (Lipinski definition) is 6. The Bertz CT molecular complexity index is 1080. The Balaban J connectivity index is 1.80. The van der Waals surface area contributed by atoms with Crippen molar-refractivity contribution in [1.29, 1.82) is 0 Å². The summed E-state index contributed by atoms with van der Waals surface area (Å²) in [4.78, 5) is 27.6. The van der Waals surface area contributed by atoms with Crippen LogP contribution in [0.5, 0.6) is 5.75 Å². The van der Waals surface area contributed by atoms with E-state index in [-0.39, 0.29) is 29.3 Å². The Kier molecular flexibility index (Phi) is 6.28. The Hall–Kier alpha value is -3.82. The number of benzene rings is 2. The van der Waals surface area contributed by atoms with Gasteiger partial charge in [0, 0.05) is 11.6 Å². The SMILES string of the molecule is CC(C)(C)C(COc1ccccc1F)NC(=O)c1ccc(-n2cncn2)c([N+](=O)[O-])c1. The Morgan fingerprint density at radius 3 is 2.65 bits per heavy atom. The summed E-state index contributed by atoms with van der Waals surface area (Å²) in [5.74, 6) is -0.926. The van der Waals surface area contributed by atoms with Gasteiger partial charge in [0.15, 0.2) is 11.6 Å². The molecule has 2 aromatic carbocycles. The van der Waals surface area contributed by atoms with Crippen molar-refractivity contribution in [3.05, 3.63) is 76.6 Å². The van der Waals surface area contributed by atoms with Crippen molar-refractivity contribution in [3.8, 4) is 11.4 Å². The van der Waals surface area contributed by atoms with Gasteiger partial charge in [-0.25, -0.2) is 14.1 Å². The predicted molar refractivity (Wildman–Crippen MR) is 111 cm³/mol. The molecule has 1 N–H and O–H groups in total. The van der Waals surface area contributed by atoms with E-state index in [4.69, 9.17) is 4.74 Å². The highest BCUT2D eigenvalue weighted by Gasteiger charge is 2.29. The summed E-state index contributed by atoms with van der Waals surface area (Å²) >= 11 is 0. The summed E-state index contributed by atoms with van der Waals surface area (Å²) < 4.78 is 20.7. The van der Waals surface area contributed by atoms with E-state index in [2.05, 4.69) is 15.4 Å². The third-order valence-electron chi connectivity index (χ3n) is 4.69. The molecule has 0 aliphatic carbocycles. The zero-order chi connectivity index (χ0) is 22.6. The number of rotatable bonds is 7. The number of nitro benzene ring substituents is 1. The normalized spacial score (nSPS) is 12.3. The molecular weight excluding hydrogens is 405 g/mol. The maximum atomic E-state index is 13.9. The fourth-order valence-electron chi connectivity index (χ4n) is 2.82. The summed E-state index contributed by atoms with van der Waals surface area (Å²) in [6, 6.07) is 9.59. The first-order valence-electron chi connectivity index (χ1n) is 9.48. The van der Waals surface area contributed by atoms with Crippen molar-refractivity contribution in [3.63, 3.8) is 0 Å². The number of halogens is 1. The Morgan fingerprint density at radius 2 is 2.03 bits per heavy atom. The predicted octanol–water partition coefficient (Wildman–Crippen LogP) is 3.54. The molecule has 0 saturated carbocycles. The molecule has 3 aromatic rings. The average molecular weight is 427 g/mol. The van der Waals surface area contributed by atoms with Crippen LogP contribution < -0.4 is 10.1 Å². The van der Waals surface area contributed by atoms with Gasteiger partial charge in [0.1, 0.15) is 24.9 Å². The van der Waals surface area contributed by atoms with E-state index in [1.54, 1.807) is 12.1 Å². The molecule has 0 aliphatic heterocycles. The second-order valence-electron chi connectivity index (χ2n) is 7.93. The number of carbonyl (C=O) groups is 1. The third-order valence-corrected chi connectivity index (χ3v) is 4.69. The van der Waals surface area contributed by atoms with E-state index >= 15 is 0 Å². The smallest absolute Gasteiger partial charge is 0.295 e. The number of nitrogens with zero attached hydrogens (tertiary/aromatic N) is 4. The molecule has 10 heteroatoms. The van der Waals surface area contributed by atoms with Crippen molar-refractivity contribution < 1.29 is 18.8 Å². The van der Waals surface area contributed by atoms with E-state index in [1.807, 2.05) is 20.8 Å². The van der Waals surface area contributed by atoms with Gasteiger partial charge in [0.2, 0.25) is 0 Å².